The minimum absolute atomic E-state index is 0.0111. The van der Waals surface area contributed by atoms with E-state index >= 15 is 0 Å². The molecule has 70 heavy (non-hydrogen) atoms. The normalized spacial score (nSPS) is 13.6. The Morgan fingerprint density at radius 1 is 0.329 bits per heavy atom. The first kappa shape index (κ1) is 65.3. The van der Waals surface area contributed by atoms with Crippen molar-refractivity contribution in [2.75, 3.05) is 19.8 Å². The van der Waals surface area contributed by atoms with Crippen molar-refractivity contribution in [3.63, 3.8) is 0 Å². The Kier molecular flexibility index (Phi) is 54.6. The predicted molar refractivity (Wildman–Crippen MR) is 306 cm³/mol. The monoisotopic (exact) mass is 961 g/mol. The molecule has 0 radical (unpaired) electrons. The highest BCUT2D eigenvalue weighted by Crippen LogP contribution is 2.11. The van der Waals surface area contributed by atoms with Gasteiger partial charge in [0, 0.05) is 13.0 Å². The number of hydrogen-bond donors (Lipinski definition) is 0. The molecule has 1 atom stereocenters. The first-order chi connectivity index (χ1) is 34.6. The van der Waals surface area contributed by atoms with Crippen molar-refractivity contribution in [3.05, 3.63) is 170 Å². The van der Waals surface area contributed by atoms with Gasteiger partial charge in [-0.1, -0.05) is 229 Å². The fourth-order valence-corrected chi connectivity index (χ4v) is 6.78. The van der Waals surface area contributed by atoms with Crippen LogP contribution in [0.2, 0.25) is 0 Å². The number of rotatable bonds is 48. The van der Waals surface area contributed by atoms with Gasteiger partial charge in [-0.25, -0.2) is 0 Å². The van der Waals surface area contributed by atoms with Crippen LogP contribution in [0.1, 0.15) is 201 Å². The van der Waals surface area contributed by atoms with E-state index in [0.29, 0.717) is 13.0 Å². The molecule has 0 aromatic rings. The maximum atomic E-state index is 12.8. The van der Waals surface area contributed by atoms with Crippen LogP contribution in [0.15, 0.2) is 170 Å². The van der Waals surface area contributed by atoms with Crippen molar-refractivity contribution in [2.45, 2.75) is 207 Å². The molecule has 0 aliphatic rings. The van der Waals surface area contributed by atoms with E-state index in [1.54, 1.807) is 0 Å². The summed E-state index contributed by atoms with van der Waals surface area (Å²) in [7, 11) is 0. The van der Waals surface area contributed by atoms with Gasteiger partial charge in [0.2, 0.25) is 0 Å². The molecule has 0 aromatic heterocycles. The first-order valence-corrected chi connectivity index (χ1v) is 27.7. The predicted octanol–water partition coefficient (Wildman–Crippen LogP) is 19.2. The molecule has 390 valence electrons. The minimum atomic E-state index is -0.625. The fraction of sp³-hybridized carbons (Fsp3) is 0.538. The molecule has 0 aliphatic carbocycles. The van der Waals surface area contributed by atoms with Gasteiger partial charge >= 0.3 is 11.9 Å². The van der Waals surface area contributed by atoms with Crippen LogP contribution in [0.5, 0.6) is 0 Å². The van der Waals surface area contributed by atoms with Crippen LogP contribution in [0, 0.1) is 0 Å². The van der Waals surface area contributed by atoms with Gasteiger partial charge in [0.05, 0.1) is 13.0 Å². The van der Waals surface area contributed by atoms with Gasteiger partial charge in [-0.2, -0.15) is 0 Å². The summed E-state index contributed by atoms with van der Waals surface area (Å²) < 4.78 is 17.3. The zero-order valence-corrected chi connectivity index (χ0v) is 44.7. The Labute approximate surface area is 430 Å². The number of allylic oxidation sites excluding steroid dienone is 27. The Morgan fingerprint density at radius 3 is 1.03 bits per heavy atom. The van der Waals surface area contributed by atoms with Crippen molar-refractivity contribution < 1.29 is 23.8 Å². The van der Waals surface area contributed by atoms with Gasteiger partial charge in [-0.15, -0.1) is 0 Å². The van der Waals surface area contributed by atoms with Crippen LogP contribution in [0.3, 0.4) is 0 Å². The summed E-state index contributed by atoms with van der Waals surface area (Å²) >= 11 is 0. The molecule has 0 saturated carbocycles. The molecule has 0 saturated heterocycles. The minimum Gasteiger partial charge on any atom is -0.462 e. The van der Waals surface area contributed by atoms with Crippen LogP contribution in [-0.2, 0) is 23.8 Å². The number of esters is 2. The number of carbonyl (C=O) groups excluding carboxylic acids is 2. The van der Waals surface area contributed by atoms with Crippen molar-refractivity contribution in [2.24, 2.45) is 0 Å². The standard InChI is InChI=1S/C65H100O5/c1-4-7-10-13-16-19-22-25-28-30-32-34-36-39-42-45-48-51-54-57-60-68-61-63(70-65(67)59-56-53-50-47-44-41-37-27-24-21-18-15-12-9-6-3)62-69-64(66)58-55-52-49-46-43-40-38-35-33-31-29-26-23-20-17-14-11-8-5-2/h7-12,16-21,25-29,32-35,37,40,43-44,47,53,56,63H,4-6,13-15,22-24,30-31,36,38-39,41-42,45-46,48-52,54-55,57-62H2,1-3H3/b10-7-,11-8-,12-9-,19-16-,20-17-,21-18-,28-25-,29-26-,34-32-,35-33-,37-27-,43-40-,47-44-,56-53-. The summed E-state index contributed by atoms with van der Waals surface area (Å²) in [6, 6.07) is 0. The van der Waals surface area contributed by atoms with Crippen molar-refractivity contribution in [1.82, 2.24) is 0 Å². The molecule has 0 fully saturated rings. The third-order valence-electron chi connectivity index (χ3n) is 10.8. The van der Waals surface area contributed by atoms with Crippen LogP contribution in [0.25, 0.3) is 0 Å². The number of carbonyl (C=O) groups is 2. The average molecular weight is 962 g/mol. The Morgan fingerprint density at radius 2 is 0.643 bits per heavy atom. The Bertz CT molecular complexity index is 1600. The lowest BCUT2D eigenvalue weighted by Crippen LogP contribution is -2.29. The molecule has 0 aromatic carbocycles. The topological polar surface area (TPSA) is 61.8 Å². The molecule has 5 heteroatoms. The van der Waals surface area contributed by atoms with Gasteiger partial charge in [-0.05, 0) is 128 Å². The van der Waals surface area contributed by atoms with E-state index in [1.807, 2.05) is 12.2 Å². The van der Waals surface area contributed by atoms with E-state index < -0.39 is 6.10 Å². The summed E-state index contributed by atoms with van der Waals surface area (Å²) in [6.07, 6.45) is 88.2. The Hall–Kier alpha value is -4.74. The van der Waals surface area contributed by atoms with E-state index in [2.05, 4.69) is 179 Å². The first-order valence-electron chi connectivity index (χ1n) is 27.7. The van der Waals surface area contributed by atoms with E-state index in [-0.39, 0.29) is 31.6 Å². The van der Waals surface area contributed by atoms with E-state index in [1.165, 1.54) is 32.1 Å². The summed E-state index contributed by atoms with van der Waals surface area (Å²) in [5.41, 5.74) is 0. The molecular weight excluding hydrogens is 861 g/mol. The third-order valence-corrected chi connectivity index (χ3v) is 10.8. The second kappa shape index (κ2) is 58.6. The van der Waals surface area contributed by atoms with Crippen LogP contribution < -0.4 is 0 Å². The van der Waals surface area contributed by atoms with Crippen LogP contribution in [0.4, 0.5) is 0 Å². The zero-order valence-electron chi connectivity index (χ0n) is 44.7. The van der Waals surface area contributed by atoms with Gasteiger partial charge in [0.1, 0.15) is 6.61 Å². The molecule has 0 spiro atoms. The third kappa shape index (κ3) is 55.9. The second-order valence-electron chi connectivity index (χ2n) is 17.4. The summed E-state index contributed by atoms with van der Waals surface area (Å²) in [5, 5.41) is 0. The highest BCUT2D eigenvalue weighted by molar-refractivity contribution is 5.71. The van der Waals surface area contributed by atoms with Gasteiger partial charge < -0.3 is 14.2 Å². The second-order valence-corrected chi connectivity index (χ2v) is 17.4. The largest absolute Gasteiger partial charge is 0.462 e. The summed E-state index contributed by atoms with van der Waals surface area (Å²) in [5.74, 6) is -0.602. The molecule has 0 amide bonds. The molecular formula is C65H100O5. The maximum Gasteiger partial charge on any atom is 0.310 e. The molecule has 5 nitrogen and oxygen atoms in total. The SMILES string of the molecule is CC/C=C\C/C=C\C/C=C\C/C=C\C/C=C\CCCCCC(=O)OCC(COCCCCCCCCC/C=C\C/C=C\C/C=C\C/C=C\CC)OC(=O)C/C=C\C/C=C\C/C=C\C/C=C\C/C=C\CC. The lowest BCUT2D eigenvalue weighted by molar-refractivity contribution is -0.162. The van der Waals surface area contributed by atoms with Crippen molar-refractivity contribution >= 4 is 11.9 Å². The fourth-order valence-electron chi connectivity index (χ4n) is 6.78. The van der Waals surface area contributed by atoms with Crippen molar-refractivity contribution in [3.8, 4) is 0 Å². The van der Waals surface area contributed by atoms with Gasteiger partial charge in [0.15, 0.2) is 6.10 Å². The summed E-state index contributed by atoms with van der Waals surface area (Å²) in [4.78, 5) is 25.4. The quantitative estimate of drug-likeness (QED) is 0.0345. The molecule has 1 unspecified atom stereocenters. The Balaban J connectivity index is 4.50. The van der Waals surface area contributed by atoms with Gasteiger partial charge in [-0.3, -0.25) is 9.59 Å². The summed E-state index contributed by atoms with van der Waals surface area (Å²) in [6.45, 7) is 7.29. The highest BCUT2D eigenvalue weighted by atomic mass is 16.6. The highest BCUT2D eigenvalue weighted by Gasteiger charge is 2.17. The molecule has 0 bridgehead atoms. The number of ether oxygens (including phenoxy) is 3. The molecule has 0 rings (SSSR count). The van der Waals surface area contributed by atoms with E-state index in [9.17, 15) is 9.59 Å². The smallest absolute Gasteiger partial charge is 0.310 e. The van der Waals surface area contributed by atoms with Crippen LogP contribution in [-0.4, -0.2) is 37.9 Å². The zero-order chi connectivity index (χ0) is 50.6. The lowest BCUT2D eigenvalue weighted by Gasteiger charge is -2.18. The van der Waals surface area contributed by atoms with E-state index in [0.717, 1.165) is 135 Å². The maximum absolute atomic E-state index is 12.8. The van der Waals surface area contributed by atoms with Crippen LogP contribution >= 0.6 is 0 Å². The number of unbranched alkanes of at least 4 members (excludes halogenated alkanes) is 10. The number of hydrogen-bond acceptors (Lipinski definition) is 5. The lowest BCUT2D eigenvalue weighted by atomic mass is 10.1. The van der Waals surface area contributed by atoms with Crippen molar-refractivity contribution in [1.29, 1.82) is 0 Å². The van der Waals surface area contributed by atoms with Gasteiger partial charge in [0.25, 0.3) is 0 Å². The molecule has 0 aliphatic heterocycles. The molecule has 0 N–H and O–H groups in total. The average Bonchev–Trinajstić information content (AvgIpc) is 3.36. The molecule has 0 heterocycles. The van der Waals surface area contributed by atoms with E-state index in [4.69, 9.17) is 14.2 Å².